The van der Waals surface area contributed by atoms with E-state index in [2.05, 4.69) is 5.32 Å². The average molecular weight is 284 g/mol. The molecule has 2 rings (SSSR count). The molecule has 0 radical (unpaired) electrons. The number of anilines is 1. The zero-order chi connectivity index (χ0) is 14.0. The lowest BCUT2D eigenvalue weighted by Gasteiger charge is -2.15. The van der Waals surface area contributed by atoms with Gasteiger partial charge in [0.15, 0.2) is 0 Å². The molecule has 1 aromatic carbocycles. The summed E-state index contributed by atoms with van der Waals surface area (Å²) >= 11 is 0. The molecular formula is C13H20N2O3S. The number of benzene rings is 1. The lowest BCUT2D eigenvalue weighted by Crippen LogP contribution is -2.17. The van der Waals surface area contributed by atoms with Crippen molar-refractivity contribution in [3.8, 4) is 0 Å². The molecule has 1 aromatic rings. The van der Waals surface area contributed by atoms with Gasteiger partial charge in [0, 0.05) is 24.8 Å². The molecule has 0 aromatic heterocycles. The molecular weight excluding hydrogens is 264 g/mol. The summed E-state index contributed by atoms with van der Waals surface area (Å²) in [5.41, 5.74) is 2.79. The van der Waals surface area contributed by atoms with Crippen molar-refractivity contribution in [1.29, 1.82) is 0 Å². The minimum absolute atomic E-state index is 0.153. The number of aryl methyl sites for hydroxylation is 1. The van der Waals surface area contributed by atoms with Crippen LogP contribution in [0.5, 0.6) is 0 Å². The van der Waals surface area contributed by atoms with Gasteiger partial charge < -0.3 is 10.1 Å². The first-order valence-corrected chi connectivity index (χ1v) is 7.88. The van der Waals surface area contributed by atoms with E-state index < -0.39 is 10.0 Å². The predicted octanol–water partition coefficient (Wildman–Crippen LogP) is 1.40. The molecule has 0 aliphatic carbocycles. The van der Waals surface area contributed by atoms with Crippen LogP contribution in [0.25, 0.3) is 0 Å². The highest BCUT2D eigenvalue weighted by Crippen LogP contribution is 2.24. The summed E-state index contributed by atoms with van der Waals surface area (Å²) in [6, 6.07) is 3.21. The standard InChI is InChI=1S/C13H20N2O3S/c1-9-5-12(19(14,16)17)6-13(10(9)2)15-7-11-3-4-18-8-11/h5-6,11,15H,3-4,7-8H2,1-2H3,(H2,14,16,17). The number of nitrogens with one attached hydrogen (secondary N) is 1. The van der Waals surface area contributed by atoms with Gasteiger partial charge in [0.25, 0.3) is 0 Å². The fourth-order valence-corrected chi connectivity index (χ4v) is 2.80. The van der Waals surface area contributed by atoms with Crippen molar-refractivity contribution >= 4 is 15.7 Å². The summed E-state index contributed by atoms with van der Waals surface area (Å²) in [6.07, 6.45) is 1.04. The van der Waals surface area contributed by atoms with Crippen LogP contribution in [-0.2, 0) is 14.8 Å². The number of sulfonamides is 1. The molecule has 1 aliphatic heterocycles. The number of hydrogen-bond acceptors (Lipinski definition) is 4. The maximum Gasteiger partial charge on any atom is 0.238 e. The second-order valence-electron chi connectivity index (χ2n) is 5.07. The third kappa shape index (κ3) is 3.46. The Morgan fingerprint density at radius 2 is 2.16 bits per heavy atom. The Labute approximate surface area is 114 Å². The number of primary sulfonamides is 1. The van der Waals surface area contributed by atoms with Gasteiger partial charge in [-0.15, -0.1) is 0 Å². The van der Waals surface area contributed by atoms with Gasteiger partial charge in [-0.1, -0.05) is 0 Å². The molecule has 0 saturated carbocycles. The van der Waals surface area contributed by atoms with Gasteiger partial charge in [-0.3, -0.25) is 0 Å². The van der Waals surface area contributed by atoms with Crippen molar-refractivity contribution in [3.63, 3.8) is 0 Å². The van der Waals surface area contributed by atoms with E-state index >= 15 is 0 Å². The molecule has 5 nitrogen and oxygen atoms in total. The van der Waals surface area contributed by atoms with E-state index in [4.69, 9.17) is 9.88 Å². The van der Waals surface area contributed by atoms with Crippen LogP contribution in [0.3, 0.4) is 0 Å². The van der Waals surface area contributed by atoms with E-state index in [1.165, 1.54) is 0 Å². The summed E-state index contributed by atoms with van der Waals surface area (Å²) < 4.78 is 28.2. The Morgan fingerprint density at radius 3 is 2.74 bits per heavy atom. The van der Waals surface area contributed by atoms with Gasteiger partial charge in [-0.25, -0.2) is 13.6 Å². The topological polar surface area (TPSA) is 81.4 Å². The minimum atomic E-state index is -3.67. The van der Waals surface area contributed by atoms with E-state index in [0.29, 0.717) is 5.92 Å². The summed E-state index contributed by atoms with van der Waals surface area (Å²) in [5.74, 6) is 0.484. The van der Waals surface area contributed by atoms with Crippen molar-refractivity contribution in [2.45, 2.75) is 25.2 Å². The fraction of sp³-hybridized carbons (Fsp3) is 0.538. The molecule has 0 bridgehead atoms. The van der Waals surface area contributed by atoms with Crippen LogP contribution >= 0.6 is 0 Å². The van der Waals surface area contributed by atoms with Crippen molar-refractivity contribution < 1.29 is 13.2 Å². The van der Waals surface area contributed by atoms with Crippen molar-refractivity contribution in [3.05, 3.63) is 23.3 Å². The van der Waals surface area contributed by atoms with E-state index in [1.807, 2.05) is 13.8 Å². The molecule has 106 valence electrons. The first kappa shape index (κ1) is 14.3. The number of rotatable bonds is 4. The number of nitrogens with two attached hydrogens (primary N) is 1. The van der Waals surface area contributed by atoms with Crippen LogP contribution in [0.2, 0.25) is 0 Å². The second-order valence-corrected chi connectivity index (χ2v) is 6.63. The van der Waals surface area contributed by atoms with E-state index in [-0.39, 0.29) is 4.90 Å². The molecule has 0 spiro atoms. The summed E-state index contributed by atoms with van der Waals surface area (Å²) in [7, 11) is -3.67. The molecule has 1 aliphatic rings. The Balaban J connectivity index is 2.20. The number of hydrogen-bond donors (Lipinski definition) is 2. The Kier molecular flexibility index (Phi) is 4.13. The maximum absolute atomic E-state index is 11.4. The van der Waals surface area contributed by atoms with Gasteiger partial charge in [0.1, 0.15) is 0 Å². The number of ether oxygens (including phenoxy) is 1. The first-order valence-electron chi connectivity index (χ1n) is 6.33. The van der Waals surface area contributed by atoms with Crippen LogP contribution in [-0.4, -0.2) is 28.2 Å². The smallest absolute Gasteiger partial charge is 0.238 e. The van der Waals surface area contributed by atoms with Gasteiger partial charge in [0.2, 0.25) is 10.0 Å². The molecule has 19 heavy (non-hydrogen) atoms. The molecule has 1 unspecified atom stereocenters. The van der Waals surface area contributed by atoms with E-state index in [0.717, 1.165) is 43.0 Å². The molecule has 1 fully saturated rings. The third-order valence-corrected chi connectivity index (χ3v) is 4.47. The van der Waals surface area contributed by atoms with Crippen LogP contribution in [0.15, 0.2) is 17.0 Å². The first-order chi connectivity index (χ1) is 8.88. The van der Waals surface area contributed by atoms with Crippen molar-refractivity contribution in [2.75, 3.05) is 25.1 Å². The quantitative estimate of drug-likeness (QED) is 0.875. The van der Waals surface area contributed by atoms with Crippen molar-refractivity contribution in [2.24, 2.45) is 11.1 Å². The Hall–Kier alpha value is -1.11. The zero-order valence-corrected chi connectivity index (χ0v) is 12.1. The van der Waals surface area contributed by atoms with Gasteiger partial charge in [0.05, 0.1) is 11.5 Å². The molecule has 6 heteroatoms. The average Bonchev–Trinajstić information content (AvgIpc) is 2.82. The molecule has 0 amide bonds. The van der Waals surface area contributed by atoms with Crippen LogP contribution < -0.4 is 10.5 Å². The van der Waals surface area contributed by atoms with Crippen LogP contribution in [0.1, 0.15) is 17.5 Å². The monoisotopic (exact) mass is 284 g/mol. The highest BCUT2D eigenvalue weighted by atomic mass is 32.2. The van der Waals surface area contributed by atoms with E-state index in [1.54, 1.807) is 12.1 Å². The third-order valence-electron chi connectivity index (χ3n) is 3.57. The normalized spacial score (nSPS) is 19.6. The lowest BCUT2D eigenvalue weighted by atomic mass is 10.1. The molecule has 1 atom stereocenters. The zero-order valence-electron chi connectivity index (χ0n) is 11.3. The minimum Gasteiger partial charge on any atom is -0.384 e. The molecule has 3 N–H and O–H groups in total. The molecule has 1 saturated heterocycles. The molecule has 1 heterocycles. The predicted molar refractivity (Wildman–Crippen MR) is 74.7 cm³/mol. The van der Waals surface area contributed by atoms with Crippen LogP contribution in [0.4, 0.5) is 5.69 Å². The van der Waals surface area contributed by atoms with E-state index in [9.17, 15) is 8.42 Å². The second kappa shape index (κ2) is 5.48. The van der Waals surface area contributed by atoms with Crippen LogP contribution in [0, 0.1) is 19.8 Å². The van der Waals surface area contributed by atoms with Gasteiger partial charge >= 0.3 is 0 Å². The van der Waals surface area contributed by atoms with Crippen molar-refractivity contribution in [1.82, 2.24) is 0 Å². The highest BCUT2D eigenvalue weighted by Gasteiger charge is 2.17. The largest absolute Gasteiger partial charge is 0.384 e. The lowest BCUT2D eigenvalue weighted by molar-refractivity contribution is 0.187. The fourth-order valence-electron chi connectivity index (χ4n) is 2.17. The maximum atomic E-state index is 11.4. The highest BCUT2D eigenvalue weighted by molar-refractivity contribution is 7.89. The summed E-state index contributed by atoms with van der Waals surface area (Å²) in [4.78, 5) is 0.153. The summed E-state index contributed by atoms with van der Waals surface area (Å²) in [5, 5.41) is 8.50. The SMILES string of the molecule is Cc1cc(S(N)(=O)=O)cc(NCC2CCOC2)c1C. The van der Waals surface area contributed by atoms with Gasteiger partial charge in [-0.05, 0) is 43.5 Å². The van der Waals surface area contributed by atoms with Gasteiger partial charge in [-0.2, -0.15) is 0 Å². The Morgan fingerprint density at radius 1 is 1.42 bits per heavy atom. The Bertz CT molecular complexity index is 563. The summed E-state index contributed by atoms with van der Waals surface area (Å²) in [6.45, 7) is 6.21.